The van der Waals surface area contributed by atoms with Crippen LogP contribution in [0, 0.1) is 10.8 Å². The van der Waals surface area contributed by atoms with Crippen LogP contribution in [-0.2, 0) is 57.2 Å². The lowest BCUT2D eigenvalue weighted by molar-refractivity contribution is -0.169. The summed E-state index contributed by atoms with van der Waals surface area (Å²) in [6.45, 7) is 30.3. The third-order valence-electron chi connectivity index (χ3n) is 7.63. The van der Waals surface area contributed by atoms with Crippen LogP contribution in [-0.4, -0.2) is 85.3 Å². The van der Waals surface area contributed by atoms with Crippen molar-refractivity contribution in [3.05, 3.63) is 24.3 Å². The highest BCUT2D eigenvalue weighted by molar-refractivity contribution is 5.88. The normalized spacial score (nSPS) is 11.6. The first-order chi connectivity index (χ1) is 24.9. The van der Waals surface area contributed by atoms with Crippen molar-refractivity contribution in [2.24, 2.45) is 10.8 Å². The second-order valence-electron chi connectivity index (χ2n) is 15.7. The highest BCUT2D eigenvalue weighted by Crippen LogP contribution is 2.26. The van der Waals surface area contributed by atoms with Crippen LogP contribution in [0.3, 0.4) is 0 Å². The van der Waals surface area contributed by atoms with E-state index in [0.717, 1.165) is 19.3 Å². The summed E-state index contributed by atoms with van der Waals surface area (Å²) in [5.41, 5.74) is -1.18. The molecule has 0 amide bonds. The summed E-state index contributed by atoms with van der Waals surface area (Å²) in [6.07, 6.45) is 3.02. The number of rotatable bonds is 18. The zero-order valence-corrected chi connectivity index (χ0v) is 36.5. The van der Waals surface area contributed by atoms with Gasteiger partial charge < -0.3 is 28.4 Å². The van der Waals surface area contributed by atoms with Crippen molar-refractivity contribution in [2.45, 2.75) is 160 Å². The molecule has 16 heteroatoms. The minimum absolute atomic E-state index is 0.0955. The van der Waals surface area contributed by atoms with Crippen molar-refractivity contribution in [1.82, 2.24) is 0 Å². The van der Waals surface area contributed by atoms with Gasteiger partial charge in [0.1, 0.15) is 11.2 Å². The van der Waals surface area contributed by atoms with Gasteiger partial charge in [0.2, 0.25) is 0 Å². The number of esters is 6. The maximum atomic E-state index is 12.3. The van der Waals surface area contributed by atoms with Gasteiger partial charge in [-0.1, -0.05) is 40.9 Å². The summed E-state index contributed by atoms with van der Waals surface area (Å²) in [5.74, 6) is -9.90. The lowest BCUT2D eigenvalue weighted by Gasteiger charge is -2.29. The lowest BCUT2D eigenvalue weighted by Crippen LogP contribution is -2.34. The zero-order chi connectivity index (χ0) is 45.5. The van der Waals surface area contributed by atoms with E-state index in [9.17, 15) is 46.3 Å². The highest BCUT2D eigenvalue weighted by Gasteiger charge is 2.32. The molecule has 0 rings (SSSR count). The van der Waals surface area contributed by atoms with Gasteiger partial charge in [0.15, 0.2) is 26.4 Å². The average molecular weight is 817 g/mol. The Morgan fingerprint density at radius 1 is 0.464 bits per heavy atom. The molecule has 12 nitrogen and oxygen atoms in total. The van der Waals surface area contributed by atoms with Gasteiger partial charge in [-0.15, -0.1) is 0 Å². The van der Waals surface area contributed by atoms with E-state index in [1.807, 2.05) is 62.3 Å². The van der Waals surface area contributed by atoms with Crippen molar-refractivity contribution in [3.63, 3.8) is 0 Å². The fourth-order valence-corrected chi connectivity index (χ4v) is 2.23. The molecule has 0 radical (unpaired) electrons. The standard InChI is InChI=1S/C11H18F2O4.C11H22O2.C9H12F2O4.C9H16O2/c1-5-10(2,3)9(15)16-6-8(14)17-7-11(4,12)13;1-7-10(3,4)9(12)13-11(5,6)8-2;1-6(2)8(13)14-4-7(12)15-5-9(3,10)11;1-6-9(4,5)11-8(10)7(2)3/h5-7H2,1-4H3;7-8H2,1-6H3;1,4-5H2,2-3H3;2,6H2,1,3-5H3. The second kappa shape index (κ2) is 26.0. The van der Waals surface area contributed by atoms with Crippen LogP contribution in [0.2, 0.25) is 0 Å². The predicted octanol–water partition coefficient (Wildman–Crippen LogP) is 8.92. The molecule has 0 atom stereocenters. The van der Waals surface area contributed by atoms with Crippen molar-refractivity contribution in [3.8, 4) is 0 Å². The molecule has 0 saturated heterocycles. The Morgan fingerprint density at radius 3 is 1.09 bits per heavy atom. The van der Waals surface area contributed by atoms with Crippen LogP contribution in [0.15, 0.2) is 24.3 Å². The van der Waals surface area contributed by atoms with Crippen LogP contribution in [0.5, 0.6) is 0 Å². The predicted molar refractivity (Wildman–Crippen MR) is 204 cm³/mol. The molecular weight excluding hydrogens is 748 g/mol. The van der Waals surface area contributed by atoms with Gasteiger partial charge in [-0.25, -0.2) is 36.7 Å². The van der Waals surface area contributed by atoms with Crippen molar-refractivity contribution < 1.29 is 74.8 Å². The summed E-state index contributed by atoms with van der Waals surface area (Å²) in [4.78, 5) is 66.6. The van der Waals surface area contributed by atoms with Crippen molar-refractivity contribution in [2.75, 3.05) is 26.4 Å². The Kier molecular flexibility index (Phi) is 27.3. The van der Waals surface area contributed by atoms with Gasteiger partial charge in [-0.3, -0.25) is 9.59 Å². The highest BCUT2D eigenvalue weighted by atomic mass is 19.3. The molecule has 0 saturated carbocycles. The smallest absolute Gasteiger partial charge is 0.344 e. The number of alkyl halides is 4. The molecule has 0 aromatic rings. The Bertz CT molecular complexity index is 1290. The Balaban J connectivity index is -0.000000326. The van der Waals surface area contributed by atoms with Gasteiger partial charge in [-0.05, 0) is 94.9 Å². The summed E-state index contributed by atoms with van der Waals surface area (Å²) < 4.78 is 77.0. The quantitative estimate of drug-likeness (QED) is 0.0561. The van der Waals surface area contributed by atoms with E-state index in [0.29, 0.717) is 25.8 Å². The van der Waals surface area contributed by atoms with Crippen molar-refractivity contribution in [1.29, 1.82) is 0 Å². The second-order valence-corrected chi connectivity index (χ2v) is 15.7. The molecule has 328 valence electrons. The molecular formula is C40H68F4O12. The van der Waals surface area contributed by atoms with Crippen LogP contribution < -0.4 is 0 Å². The number of carbonyl (C=O) groups is 6. The van der Waals surface area contributed by atoms with Gasteiger partial charge in [0.25, 0.3) is 11.8 Å². The SMILES string of the molecule is C=C(C)C(=O)OC(C)(C)CC.C=C(C)C(=O)OCC(=O)OCC(C)(F)F.CCC(C)(C)C(=O)OCC(=O)OCC(C)(F)F.CCC(C)(C)OC(=O)C(C)(C)CC. The number of ether oxygens (including phenoxy) is 6. The third kappa shape index (κ3) is 33.4. The van der Waals surface area contributed by atoms with Crippen molar-refractivity contribution >= 4 is 35.8 Å². The molecule has 0 aromatic heterocycles. The van der Waals surface area contributed by atoms with Gasteiger partial charge in [-0.2, -0.15) is 0 Å². The monoisotopic (exact) mass is 816 g/mol. The molecule has 0 heterocycles. The molecule has 0 N–H and O–H groups in total. The molecule has 0 aromatic carbocycles. The number of hydrogen-bond acceptors (Lipinski definition) is 12. The summed E-state index contributed by atoms with van der Waals surface area (Å²) in [7, 11) is 0. The largest absolute Gasteiger partial charge is 0.459 e. The summed E-state index contributed by atoms with van der Waals surface area (Å²) in [5, 5.41) is 0. The van der Waals surface area contributed by atoms with Gasteiger partial charge in [0.05, 0.1) is 10.8 Å². The van der Waals surface area contributed by atoms with E-state index in [1.54, 1.807) is 27.7 Å². The summed E-state index contributed by atoms with van der Waals surface area (Å²) >= 11 is 0. The molecule has 0 fully saturated rings. The zero-order valence-electron chi connectivity index (χ0n) is 36.5. The van der Waals surface area contributed by atoms with E-state index in [-0.39, 0.29) is 34.1 Å². The molecule has 0 unspecified atom stereocenters. The Morgan fingerprint density at radius 2 is 0.786 bits per heavy atom. The lowest BCUT2D eigenvalue weighted by atomic mass is 9.90. The molecule has 0 aliphatic rings. The minimum atomic E-state index is -3.09. The van der Waals surface area contributed by atoms with Gasteiger partial charge in [0, 0.05) is 25.0 Å². The van der Waals surface area contributed by atoms with E-state index >= 15 is 0 Å². The van der Waals surface area contributed by atoms with Gasteiger partial charge >= 0.3 is 35.8 Å². The first kappa shape index (κ1) is 58.7. The molecule has 0 bridgehead atoms. The average Bonchev–Trinajstić information content (AvgIpc) is 3.07. The third-order valence-corrected chi connectivity index (χ3v) is 7.63. The number of carbonyl (C=O) groups excluding carboxylic acids is 6. The topological polar surface area (TPSA) is 158 Å². The Labute approximate surface area is 331 Å². The van der Waals surface area contributed by atoms with Crippen LogP contribution in [0.25, 0.3) is 0 Å². The molecule has 0 aliphatic carbocycles. The minimum Gasteiger partial charge on any atom is -0.459 e. The fraction of sp³-hybridized carbons (Fsp3) is 0.750. The van der Waals surface area contributed by atoms with E-state index in [2.05, 4.69) is 32.1 Å². The van der Waals surface area contributed by atoms with Crippen LogP contribution in [0.1, 0.15) is 136 Å². The van der Waals surface area contributed by atoms with Crippen LogP contribution >= 0.6 is 0 Å². The molecule has 0 spiro atoms. The summed E-state index contributed by atoms with van der Waals surface area (Å²) in [6, 6.07) is 0. The maximum Gasteiger partial charge on any atom is 0.344 e. The molecule has 56 heavy (non-hydrogen) atoms. The number of halogens is 4. The Hall–Kier alpha value is -3.98. The molecule has 0 aliphatic heterocycles. The first-order valence-corrected chi connectivity index (χ1v) is 18.1. The fourth-order valence-electron chi connectivity index (χ4n) is 2.23. The first-order valence-electron chi connectivity index (χ1n) is 18.1. The van der Waals surface area contributed by atoms with E-state index in [1.165, 1.54) is 6.92 Å². The number of hydrogen-bond donors (Lipinski definition) is 0. The van der Waals surface area contributed by atoms with E-state index in [4.69, 9.17) is 9.47 Å². The van der Waals surface area contributed by atoms with Crippen LogP contribution in [0.4, 0.5) is 17.6 Å². The maximum absolute atomic E-state index is 12.3. The van der Waals surface area contributed by atoms with E-state index < -0.39 is 67.6 Å².